The molecule has 0 unspecified atom stereocenters. The summed E-state index contributed by atoms with van der Waals surface area (Å²) in [6.45, 7) is 3.83. The molecule has 0 atom stereocenters. The molecule has 1 aliphatic carbocycles. The van der Waals surface area contributed by atoms with E-state index < -0.39 is 10.0 Å². The zero-order chi connectivity index (χ0) is 17.6. The van der Waals surface area contributed by atoms with Crippen molar-refractivity contribution in [1.82, 2.24) is 0 Å². The largest absolute Gasteiger partial charge is 0.461 e. The maximum absolute atomic E-state index is 12.7. The first-order valence-corrected chi connectivity index (χ1v) is 10.1. The highest BCUT2D eigenvalue weighted by Gasteiger charge is 2.21. The summed E-state index contributed by atoms with van der Waals surface area (Å²) in [4.78, 5) is 0.270. The van der Waals surface area contributed by atoms with E-state index in [4.69, 9.17) is 4.42 Å². The molecule has 2 aromatic carbocycles. The van der Waals surface area contributed by atoms with Crippen molar-refractivity contribution in [2.45, 2.75) is 44.4 Å². The quantitative estimate of drug-likeness (QED) is 0.739. The molecular weight excluding hydrogens is 334 g/mol. The SMILES string of the molecule is Cc1ccc(S(=O)(=O)Nc2cc3c4c(oc3cc2C)CCCC4)cc1. The van der Waals surface area contributed by atoms with Crippen LogP contribution in [0.4, 0.5) is 5.69 Å². The summed E-state index contributed by atoms with van der Waals surface area (Å²) in [6.07, 6.45) is 4.27. The van der Waals surface area contributed by atoms with Gasteiger partial charge in [-0.05, 0) is 62.9 Å². The standard InChI is InChI=1S/C20H21NO3S/c1-13-7-9-15(10-8-13)25(22,23)21-18-12-17-16-5-3-4-6-19(16)24-20(17)11-14(18)2/h7-12,21H,3-6H2,1-2H3. The molecular formula is C20H21NO3S. The van der Waals surface area contributed by atoms with Crippen LogP contribution in [0.15, 0.2) is 45.7 Å². The van der Waals surface area contributed by atoms with E-state index in [1.54, 1.807) is 24.3 Å². The summed E-state index contributed by atoms with van der Waals surface area (Å²) in [6, 6.07) is 10.7. The van der Waals surface area contributed by atoms with Gasteiger partial charge in [-0.15, -0.1) is 0 Å². The average molecular weight is 355 g/mol. The summed E-state index contributed by atoms with van der Waals surface area (Å²) < 4.78 is 34.1. The van der Waals surface area contributed by atoms with E-state index in [9.17, 15) is 8.42 Å². The molecule has 0 radical (unpaired) electrons. The molecule has 1 N–H and O–H groups in total. The van der Waals surface area contributed by atoms with Gasteiger partial charge in [0.15, 0.2) is 0 Å². The number of anilines is 1. The molecule has 0 bridgehead atoms. The van der Waals surface area contributed by atoms with Crippen molar-refractivity contribution >= 4 is 26.7 Å². The highest BCUT2D eigenvalue weighted by atomic mass is 32.2. The number of fused-ring (bicyclic) bond motifs is 3. The molecule has 0 saturated heterocycles. The molecule has 25 heavy (non-hydrogen) atoms. The molecule has 4 nitrogen and oxygen atoms in total. The van der Waals surface area contributed by atoms with E-state index in [2.05, 4.69) is 4.72 Å². The second-order valence-corrected chi connectivity index (χ2v) is 8.48. The molecule has 1 aliphatic rings. The van der Waals surface area contributed by atoms with Crippen LogP contribution in [0.5, 0.6) is 0 Å². The Bertz CT molecular complexity index is 1050. The van der Waals surface area contributed by atoms with Gasteiger partial charge in [0.2, 0.25) is 0 Å². The summed E-state index contributed by atoms with van der Waals surface area (Å²) in [5.41, 5.74) is 4.58. The molecule has 1 aromatic heterocycles. The minimum atomic E-state index is -3.61. The third-order valence-corrected chi connectivity index (χ3v) is 6.26. The van der Waals surface area contributed by atoms with Gasteiger partial charge >= 0.3 is 0 Å². The Kier molecular flexibility index (Phi) is 3.84. The van der Waals surface area contributed by atoms with Crippen LogP contribution < -0.4 is 4.72 Å². The zero-order valence-corrected chi connectivity index (χ0v) is 15.2. The number of hydrogen-bond acceptors (Lipinski definition) is 3. The van der Waals surface area contributed by atoms with Gasteiger partial charge in [-0.2, -0.15) is 0 Å². The molecule has 3 aromatic rings. The van der Waals surface area contributed by atoms with E-state index in [-0.39, 0.29) is 4.90 Å². The Hall–Kier alpha value is -2.27. The molecule has 4 rings (SSSR count). The lowest BCUT2D eigenvalue weighted by atomic mass is 9.95. The number of rotatable bonds is 3. The monoisotopic (exact) mass is 355 g/mol. The lowest BCUT2D eigenvalue weighted by Crippen LogP contribution is -2.13. The Morgan fingerprint density at radius 1 is 1.00 bits per heavy atom. The van der Waals surface area contributed by atoms with Crippen LogP contribution in [0.2, 0.25) is 0 Å². The van der Waals surface area contributed by atoms with Crippen molar-refractivity contribution in [3.63, 3.8) is 0 Å². The van der Waals surface area contributed by atoms with Crippen LogP contribution >= 0.6 is 0 Å². The van der Waals surface area contributed by atoms with Gasteiger partial charge in [-0.1, -0.05) is 17.7 Å². The fraction of sp³-hybridized carbons (Fsp3) is 0.300. The number of furan rings is 1. The Morgan fingerprint density at radius 3 is 2.48 bits per heavy atom. The molecule has 0 amide bonds. The molecule has 0 spiro atoms. The first-order chi connectivity index (χ1) is 11.9. The van der Waals surface area contributed by atoms with Crippen LogP contribution in [0.3, 0.4) is 0 Å². The molecule has 1 heterocycles. The predicted octanol–water partition coefficient (Wildman–Crippen LogP) is 4.73. The van der Waals surface area contributed by atoms with Gasteiger partial charge < -0.3 is 4.42 Å². The van der Waals surface area contributed by atoms with E-state index in [0.717, 1.165) is 53.5 Å². The second-order valence-electron chi connectivity index (χ2n) is 6.79. The number of hydrogen-bond donors (Lipinski definition) is 1. The molecule has 5 heteroatoms. The van der Waals surface area contributed by atoms with Crippen molar-refractivity contribution in [2.75, 3.05) is 4.72 Å². The lowest BCUT2D eigenvalue weighted by molar-refractivity contribution is 0.506. The highest BCUT2D eigenvalue weighted by Crippen LogP contribution is 2.35. The van der Waals surface area contributed by atoms with Crippen molar-refractivity contribution in [3.8, 4) is 0 Å². The van der Waals surface area contributed by atoms with Gasteiger partial charge in [0.25, 0.3) is 10.0 Å². The fourth-order valence-electron chi connectivity index (χ4n) is 3.44. The first kappa shape index (κ1) is 16.2. The smallest absolute Gasteiger partial charge is 0.261 e. The van der Waals surface area contributed by atoms with Gasteiger partial charge in [0.05, 0.1) is 10.6 Å². The summed E-state index contributed by atoms with van der Waals surface area (Å²) in [5, 5.41) is 1.03. The van der Waals surface area contributed by atoms with Gasteiger partial charge in [-0.3, -0.25) is 4.72 Å². The van der Waals surface area contributed by atoms with Crippen molar-refractivity contribution in [2.24, 2.45) is 0 Å². The highest BCUT2D eigenvalue weighted by molar-refractivity contribution is 7.92. The first-order valence-electron chi connectivity index (χ1n) is 8.58. The van der Waals surface area contributed by atoms with E-state index in [1.807, 2.05) is 26.0 Å². The summed E-state index contributed by atoms with van der Waals surface area (Å²) in [7, 11) is -3.61. The van der Waals surface area contributed by atoms with Gasteiger partial charge in [0, 0.05) is 17.4 Å². The van der Waals surface area contributed by atoms with Crippen molar-refractivity contribution in [3.05, 3.63) is 58.8 Å². The molecule has 0 saturated carbocycles. The Labute approximate surface area is 147 Å². The number of sulfonamides is 1. The zero-order valence-electron chi connectivity index (χ0n) is 14.4. The van der Waals surface area contributed by atoms with Crippen LogP contribution in [-0.4, -0.2) is 8.42 Å². The van der Waals surface area contributed by atoms with Crippen LogP contribution in [0, 0.1) is 13.8 Å². The van der Waals surface area contributed by atoms with Gasteiger partial charge in [-0.25, -0.2) is 8.42 Å². The van der Waals surface area contributed by atoms with Crippen LogP contribution in [-0.2, 0) is 22.9 Å². The predicted molar refractivity (Wildman–Crippen MR) is 99.6 cm³/mol. The maximum Gasteiger partial charge on any atom is 0.261 e. The minimum absolute atomic E-state index is 0.270. The minimum Gasteiger partial charge on any atom is -0.461 e. The van der Waals surface area contributed by atoms with E-state index in [1.165, 1.54) is 5.56 Å². The van der Waals surface area contributed by atoms with E-state index in [0.29, 0.717) is 5.69 Å². The summed E-state index contributed by atoms with van der Waals surface area (Å²) >= 11 is 0. The normalized spacial score (nSPS) is 14.5. The number of nitrogens with one attached hydrogen (secondary N) is 1. The van der Waals surface area contributed by atoms with Crippen molar-refractivity contribution < 1.29 is 12.8 Å². The molecule has 0 aliphatic heterocycles. The van der Waals surface area contributed by atoms with Gasteiger partial charge in [0.1, 0.15) is 11.3 Å². The van der Waals surface area contributed by atoms with Crippen LogP contribution in [0.1, 0.15) is 35.3 Å². The number of benzene rings is 2. The molecule has 130 valence electrons. The fourth-order valence-corrected chi connectivity index (χ4v) is 4.56. The second kappa shape index (κ2) is 5.92. The molecule has 0 fully saturated rings. The maximum atomic E-state index is 12.7. The average Bonchev–Trinajstić information content (AvgIpc) is 2.93. The lowest BCUT2D eigenvalue weighted by Gasteiger charge is -2.12. The van der Waals surface area contributed by atoms with Crippen molar-refractivity contribution in [1.29, 1.82) is 0 Å². The van der Waals surface area contributed by atoms with Crippen LogP contribution in [0.25, 0.3) is 11.0 Å². The third-order valence-electron chi connectivity index (χ3n) is 4.88. The number of aryl methyl sites for hydroxylation is 4. The van der Waals surface area contributed by atoms with E-state index >= 15 is 0 Å². The Morgan fingerprint density at radius 2 is 1.72 bits per heavy atom. The Balaban J connectivity index is 1.76. The third kappa shape index (κ3) is 2.93. The summed E-state index contributed by atoms with van der Waals surface area (Å²) in [5.74, 6) is 1.05. The topological polar surface area (TPSA) is 59.3 Å².